The molecule has 254 valence electrons. The van der Waals surface area contributed by atoms with Gasteiger partial charge in [0.25, 0.3) is 0 Å². The van der Waals surface area contributed by atoms with E-state index in [1.54, 1.807) is 0 Å². The molecule has 10 rings (SSSR count). The Balaban J connectivity index is 1.28. The Hall–Kier alpha value is -6.18. The average molecular weight is 680 g/mol. The molecule has 0 heterocycles. The van der Waals surface area contributed by atoms with Gasteiger partial charge >= 0.3 is 0 Å². The normalized spacial score (nSPS) is 14.3. The molecule has 0 radical (unpaired) electrons. The van der Waals surface area contributed by atoms with E-state index < -0.39 is 0 Å². The van der Waals surface area contributed by atoms with Crippen molar-refractivity contribution in [3.8, 4) is 44.5 Å². The standard InChI is InChI=1S/C52H41N/c1-51(2)44-24-13-11-21-41(44)42-31-30-39(33-46(42)51)53(38-28-26-35(27-29-38)34-16-7-5-8-17-34)47-32-37-20-15-23-40(36-18-9-6-10-19-36)48(37)50-49(47)43-22-12-14-25-45(43)52(50,3)4/h5-33H,1-4H3. The van der Waals surface area contributed by atoms with Crippen LogP contribution in [0.5, 0.6) is 0 Å². The Labute approximate surface area is 312 Å². The van der Waals surface area contributed by atoms with Crippen molar-refractivity contribution in [2.75, 3.05) is 4.90 Å². The Bertz CT molecular complexity index is 2700. The van der Waals surface area contributed by atoms with E-state index >= 15 is 0 Å². The molecule has 8 aromatic rings. The van der Waals surface area contributed by atoms with Crippen LogP contribution in [0.2, 0.25) is 0 Å². The molecule has 1 nitrogen and oxygen atoms in total. The van der Waals surface area contributed by atoms with E-state index in [0.717, 1.165) is 5.69 Å². The molecule has 0 N–H and O–H groups in total. The molecule has 0 saturated carbocycles. The molecule has 0 unspecified atom stereocenters. The SMILES string of the molecule is CC1(C)c2ccccc2-c2ccc(N(c3ccc(-c4ccccc4)cc3)c3cc4cccc(-c5ccccc5)c4c4c3-c3ccccc3C4(C)C)cc21. The van der Waals surface area contributed by atoms with Gasteiger partial charge in [0.05, 0.1) is 5.69 Å². The van der Waals surface area contributed by atoms with Crippen LogP contribution in [0.1, 0.15) is 49.9 Å². The van der Waals surface area contributed by atoms with Crippen LogP contribution < -0.4 is 4.90 Å². The number of fused-ring (bicyclic) bond motifs is 8. The van der Waals surface area contributed by atoms with Crippen LogP contribution in [-0.2, 0) is 10.8 Å². The van der Waals surface area contributed by atoms with E-state index in [9.17, 15) is 0 Å². The minimum atomic E-state index is -0.213. The van der Waals surface area contributed by atoms with Gasteiger partial charge in [-0.1, -0.05) is 173 Å². The van der Waals surface area contributed by atoms with Crippen LogP contribution >= 0.6 is 0 Å². The summed E-state index contributed by atoms with van der Waals surface area (Å²) in [5, 5.41) is 2.59. The topological polar surface area (TPSA) is 3.24 Å². The van der Waals surface area contributed by atoms with E-state index in [1.165, 1.54) is 88.9 Å². The average Bonchev–Trinajstić information content (AvgIpc) is 3.58. The first-order valence-electron chi connectivity index (χ1n) is 18.8. The van der Waals surface area contributed by atoms with Crippen LogP contribution in [0.25, 0.3) is 55.3 Å². The Morgan fingerprint density at radius 1 is 0.377 bits per heavy atom. The first-order chi connectivity index (χ1) is 25.8. The lowest BCUT2D eigenvalue weighted by Gasteiger charge is -2.32. The van der Waals surface area contributed by atoms with Gasteiger partial charge in [0.1, 0.15) is 0 Å². The number of anilines is 3. The molecule has 0 saturated heterocycles. The second-order valence-electron chi connectivity index (χ2n) is 15.7. The van der Waals surface area contributed by atoms with E-state index in [2.05, 4.69) is 209 Å². The van der Waals surface area contributed by atoms with Gasteiger partial charge in [0, 0.05) is 27.8 Å². The summed E-state index contributed by atoms with van der Waals surface area (Å²) in [5.41, 5.74) is 19.0. The van der Waals surface area contributed by atoms with E-state index in [0.29, 0.717) is 0 Å². The lowest BCUT2D eigenvalue weighted by atomic mass is 9.78. The van der Waals surface area contributed by atoms with Crippen molar-refractivity contribution in [2.45, 2.75) is 38.5 Å². The summed E-state index contributed by atoms with van der Waals surface area (Å²) in [4.78, 5) is 2.53. The van der Waals surface area contributed by atoms with Crippen molar-refractivity contribution in [3.63, 3.8) is 0 Å². The summed E-state index contributed by atoms with van der Waals surface area (Å²) in [6.45, 7) is 9.57. The molecule has 1 heteroatoms. The summed E-state index contributed by atoms with van der Waals surface area (Å²) in [6, 6.07) is 65.2. The third kappa shape index (κ3) is 4.70. The van der Waals surface area contributed by atoms with Gasteiger partial charge in [-0.05, 0) is 102 Å². The van der Waals surface area contributed by atoms with Gasteiger partial charge in [-0.2, -0.15) is 0 Å². The zero-order valence-electron chi connectivity index (χ0n) is 30.7. The maximum atomic E-state index is 2.53. The lowest BCUT2D eigenvalue weighted by Crippen LogP contribution is -2.18. The molecule has 0 amide bonds. The number of hydrogen-bond donors (Lipinski definition) is 0. The molecule has 0 fully saturated rings. The summed E-state index contributed by atoms with van der Waals surface area (Å²) in [5.74, 6) is 0. The molecular formula is C52H41N. The molecular weight excluding hydrogens is 639 g/mol. The summed E-state index contributed by atoms with van der Waals surface area (Å²) in [6.07, 6.45) is 0. The summed E-state index contributed by atoms with van der Waals surface area (Å²) in [7, 11) is 0. The highest BCUT2D eigenvalue weighted by Gasteiger charge is 2.41. The van der Waals surface area contributed by atoms with Gasteiger partial charge in [0.15, 0.2) is 0 Å². The van der Waals surface area contributed by atoms with Crippen LogP contribution in [0, 0.1) is 0 Å². The third-order valence-corrected chi connectivity index (χ3v) is 12.0. The Morgan fingerprint density at radius 3 is 1.64 bits per heavy atom. The van der Waals surface area contributed by atoms with Crippen molar-refractivity contribution in [3.05, 3.63) is 198 Å². The first-order valence-corrected chi connectivity index (χ1v) is 18.8. The molecule has 0 atom stereocenters. The molecule has 0 spiro atoms. The quantitative estimate of drug-likeness (QED) is 0.175. The maximum absolute atomic E-state index is 2.53. The fourth-order valence-electron chi connectivity index (χ4n) is 9.45. The number of rotatable bonds is 5. The largest absolute Gasteiger partial charge is 0.310 e. The minimum absolute atomic E-state index is 0.116. The fourth-order valence-corrected chi connectivity index (χ4v) is 9.45. The highest BCUT2D eigenvalue weighted by atomic mass is 15.1. The predicted octanol–water partition coefficient (Wildman–Crippen LogP) is 14.3. The number of benzene rings is 8. The first kappa shape index (κ1) is 31.5. The molecule has 53 heavy (non-hydrogen) atoms. The van der Waals surface area contributed by atoms with Crippen molar-refractivity contribution in [1.82, 2.24) is 0 Å². The minimum Gasteiger partial charge on any atom is -0.310 e. The van der Waals surface area contributed by atoms with Gasteiger partial charge in [-0.3, -0.25) is 0 Å². The van der Waals surface area contributed by atoms with Crippen molar-refractivity contribution in [2.24, 2.45) is 0 Å². The summed E-state index contributed by atoms with van der Waals surface area (Å²) < 4.78 is 0. The zero-order valence-corrected chi connectivity index (χ0v) is 30.7. The third-order valence-electron chi connectivity index (χ3n) is 12.0. The van der Waals surface area contributed by atoms with Gasteiger partial charge < -0.3 is 4.90 Å². The van der Waals surface area contributed by atoms with E-state index in [1.807, 2.05) is 0 Å². The summed E-state index contributed by atoms with van der Waals surface area (Å²) >= 11 is 0. The van der Waals surface area contributed by atoms with Crippen LogP contribution in [-0.4, -0.2) is 0 Å². The second kappa shape index (κ2) is 11.7. The monoisotopic (exact) mass is 679 g/mol. The second-order valence-corrected chi connectivity index (χ2v) is 15.7. The van der Waals surface area contributed by atoms with Gasteiger partial charge in [0.2, 0.25) is 0 Å². The highest BCUT2D eigenvalue weighted by molar-refractivity contribution is 6.11. The van der Waals surface area contributed by atoms with Crippen LogP contribution in [0.3, 0.4) is 0 Å². The van der Waals surface area contributed by atoms with Crippen molar-refractivity contribution in [1.29, 1.82) is 0 Å². The molecule has 2 aliphatic rings. The molecule has 2 aliphatic carbocycles. The van der Waals surface area contributed by atoms with Crippen molar-refractivity contribution >= 4 is 27.8 Å². The van der Waals surface area contributed by atoms with Gasteiger partial charge in [-0.15, -0.1) is 0 Å². The van der Waals surface area contributed by atoms with E-state index in [-0.39, 0.29) is 10.8 Å². The van der Waals surface area contributed by atoms with Crippen molar-refractivity contribution < 1.29 is 0 Å². The predicted molar refractivity (Wildman–Crippen MR) is 225 cm³/mol. The highest BCUT2D eigenvalue weighted by Crippen LogP contribution is 2.58. The molecule has 0 bridgehead atoms. The van der Waals surface area contributed by atoms with Crippen LogP contribution in [0.4, 0.5) is 17.1 Å². The Kier molecular flexibility index (Phi) is 6.94. The molecule has 8 aromatic carbocycles. The number of nitrogens with zero attached hydrogens (tertiary/aromatic N) is 1. The zero-order chi connectivity index (χ0) is 35.9. The lowest BCUT2D eigenvalue weighted by molar-refractivity contribution is 0.660. The van der Waals surface area contributed by atoms with Gasteiger partial charge in [-0.25, -0.2) is 0 Å². The van der Waals surface area contributed by atoms with Crippen LogP contribution in [0.15, 0.2) is 176 Å². The Morgan fingerprint density at radius 2 is 0.925 bits per heavy atom. The fraction of sp³-hybridized carbons (Fsp3) is 0.115. The van der Waals surface area contributed by atoms with E-state index in [4.69, 9.17) is 0 Å². The molecule has 0 aromatic heterocycles. The smallest absolute Gasteiger partial charge is 0.0549 e. The maximum Gasteiger partial charge on any atom is 0.0549 e. The number of hydrogen-bond acceptors (Lipinski definition) is 1. The molecule has 0 aliphatic heterocycles.